The molecule has 6 nitrogen and oxygen atoms in total. The smallest absolute Gasteiger partial charge is 0.256 e. The minimum Gasteiger partial charge on any atom is -0.507 e. The summed E-state index contributed by atoms with van der Waals surface area (Å²) in [6.45, 7) is 2.67. The first kappa shape index (κ1) is 14.1. The number of hydrogen-bond acceptors (Lipinski definition) is 5. The standard InChI is InChI=1S/C16H15N3O3/c1-2-22-14-7-3-5-11(18-14)10-19-15(21)9-13(20)12-6-4-8-17-16(12)19/h3-9,20H,2,10H2,1H3. The van der Waals surface area contributed by atoms with E-state index < -0.39 is 0 Å². The lowest BCUT2D eigenvalue weighted by Crippen LogP contribution is -2.21. The molecule has 0 radical (unpaired) electrons. The van der Waals surface area contributed by atoms with Gasteiger partial charge in [-0.15, -0.1) is 0 Å². The molecule has 0 aliphatic carbocycles. The Morgan fingerprint density at radius 1 is 1.27 bits per heavy atom. The van der Waals surface area contributed by atoms with Crippen molar-refractivity contribution >= 4 is 11.0 Å². The van der Waals surface area contributed by atoms with Gasteiger partial charge in [-0.1, -0.05) is 6.07 Å². The fourth-order valence-corrected chi connectivity index (χ4v) is 2.28. The van der Waals surface area contributed by atoms with Crippen LogP contribution in [0.4, 0.5) is 0 Å². The van der Waals surface area contributed by atoms with Crippen LogP contribution in [0.3, 0.4) is 0 Å². The van der Waals surface area contributed by atoms with Gasteiger partial charge in [0.25, 0.3) is 5.56 Å². The van der Waals surface area contributed by atoms with E-state index in [4.69, 9.17) is 4.74 Å². The summed E-state index contributed by atoms with van der Waals surface area (Å²) in [5.41, 5.74) is 0.786. The van der Waals surface area contributed by atoms with E-state index in [1.54, 1.807) is 24.4 Å². The number of ether oxygens (including phenoxy) is 1. The molecule has 0 aliphatic rings. The molecular weight excluding hydrogens is 282 g/mol. The van der Waals surface area contributed by atoms with Crippen molar-refractivity contribution in [2.45, 2.75) is 13.5 Å². The van der Waals surface area contributed by atoms with Crippen LogP contribution in [0.5, 0.6) is 11.6 Å². The number of aromatic nitrogens is 3. The summed E-state index contributed by atoms with van der Waals surface area (Å²) in [6.07, 6.45) is 1.59. The van der Waals surface area contributed by atoms with Crippen LogP contribution in [0.2, 0.25) is 0 Å². The summed E-state index contributed by atoms with van der Waals surface area (Å²) in [7, 11) is 0. The van der Waals surface area contributed by atoms with E-state index in [1.807, 2.05) is 19.1 Å². The topological polar surface area (TPSA) is 77.2 Å². The van der Waals surface area contributed by atoms with Gasteiger partial charge in [-0.2, -0.15) is 0 Å². The Morgan fingerprint density at radius 2 is 2.14 bits per heavy atom. The number of pyridine rings is 3. The van der Waals surface area contributed by atoms with Crippen LogP contribution >= 0.6 is 0 Å². The van der Waals surface area contributed by atoms with E-state index in [9.17, 15) is 9.90 Å². The molecule has 22 heavy (non-hydrogen) atoms. The molecule has 3 aromatic rings. The third kappa shape index (κ3) is 2.63. The molecule has 0 unspecified atom stereocenters. The zero-order valence-electron chi connectivity index (χ0n) is 12.1. The largest absolute Gasteiger partial charge is 0.507 e. The Hall–Kier alpha value is -2.89. The van der Waals surface area contributed by atoms with E-state index in [2.05, 4.69) is 9.97 Å². The molecule has 0 spiro atoms. The lowest BCUT2D eigenvalue weighted by Gasteiger charge is -2.10. The molecule has 3 aromatic heterocycles. The van der Waals surface area contributed by atoms with E-state index in [-0.39, 0.29) is 17.9 Å². The predicted molar refractivity (Wildman–Crippen MR) is 82.2 cm³/mol. The molecule has 0 fully saturated rings. The molecule has 0 saturated carbocycles. The van der Waals surface area contributed by atoms with Crippen LogP contribution < -0.4 is 10.3 Å². The fraction of sp³-hybridized carbons (Fsp3) is 0.188. The molecule has 0 bridgehead atoms. The number of fused-ring (bicyclic) bond motifs is 1. The Bertz CT molecular complexity index is 874. The Labute approximate surface area is 126 Å². The summed E-state index contributed by atoms with van der Waals surface area (Å²) in [5.74, 6) is 0.449. The minimum absolute atomic E-state index is 0.0691. The monoisotopic (exact) mass is 297 g/mol. The summed E-state index contributed by atoms with van der Waals surface area (Å²) in [4.78, 5) is 20.7. The molecule has 0 amide bonds. The van der Waals surface area contributed by atoms with Gasteiger partial charge in [0.2, 0.25) is 5.88 Å². The molecule has 6 heteroatoms. The van der Waals surface area contributed by atoms with Crippen molar-refractivity contribution in [1.29, 1.82) is 0 Å². The van der Waals surface area contributed by atoms with Gasteiger partial charge in [-0.3, -0.25) is 9.36 Å². The SMILES string of the molecule is CCOc1cccc(Cn2c(=O)cc(O)c3cccnc32)n1. The number of aromatic hydroxyl groups is 1. The van der Waals surface area contributed by atoms with Crippen LogP contribution in [0.25, 0.3) is 11.0 Å². The Kier molecular flexibility index (Phi) is 3.74. The molecule has 0 atom stereocenters. The lowest BCUT2D eigenvalue weighted by atomic mass is 10.2. The van der Waals surface area contributed by atoms with E-state index in [0.717, 1.165) is 0 Å². The zero-order valence-corrected chi connectivity index (χ0v) is 12.1. The molecule has 3 heterocycles. The third-order valence-corrected chi connectivity index (χ3v) is 3.24. The molecular formula is C16H15N3O3. The molecule has 0 aromatic carbocycles. The second-order valence-electron chi connectivity index (χ2n) is 4.73. The molecule has 3 rings (SSSR count). The van der Waals surface area contributed by atoms with E-state index in [1.165, 1.54) is 10.6 Å². The Morgan fingerprint density at radius 3 is 2.95 bits per heavy atom. The second kappa shape index (κ2) is 5.85. The number of nitrogens with zero attached hydrogens (tertiary/aromatic N) is 3. The van der Waals surface area contributed by atoms with Gasteiger partial charge in [0.1, 0.15) is 11.4 Å². The maximum absolute atomic E-state index is 12.2. The summed E-state index contributed by atoms with van der Waals surface area (Å²) in [5, 5.41) is 10.4. The highest BCUT2D eigenvalue weighted by atomic mass is 16.5. The van der Waals surface area contributed by atoms with Crippen LogP contribution in [0, 0.1) is 0 Å². The Balaban J connectivity index is 2.08. The molecule has 0 aliphatic heterocycles. The van der Waals surface area contributed by atoms with Crippen LogP contribution in [-0.2, 0) is 6.54 Å². The first-order valence-electron chi connectivity index (χ1n) is 6.95. The average molecular weight is 297 g/mol. The quantitative estimate of drug-likeness (QED) is 0.796. The van der Waals surface area contributed by atoms with Gasteiger partial charge in [0.05, 0.1) is 24.2 Å². The fourth-order valence-electron chi connectivity index (χ4n) is 2.28. The highest BCUT2D eigenvalue weighted by Gasteiger charge is 2.10. The summed E-state index contributed by atoms with van der Waals surface area (Å²) >= 11 is 0. The van der Waals surface area contributed by atoms with Crippen molar-refractivity contribution in [3.8, 4) is 11.6 Å². The molecule has 112 valence electrons. The number of rotatable bonds is 4. The van der Waals surface area contributed by atoms with Crippen LogP contribution in [0.1, 0.15) is 12.6 Å². The van der Waals surface area contributed by atoms with Gasteiger partial charge < -0.3 is 9.84 Å². The highest BCUT2D eigenvalue weighted by Crippen LogP contribution is 2.20. The summed E-state index contributed by atoms with van der Waals surface area (Å²) < 4.78 is 6.85. The van der Waals surface area contributed by atoms with E-state index in [0.29, 0.717) is 29.2 Å². The van der Waals surface area contributed by atoms with Crippen LogP contribution in [0.15, 0.2) is 47.4 Å². The van der Waals surface area contributed by atoms with Crippen molar-refractivity contribution < 1.29 is 9.84 Å². The van der Waals surface area contributed by atoms with Crippen molar-refractivity contribution in [2.75, 3.05) is 6.61 Å². The zero-order chi connectivity index (χ0) is 15.5. The van der Waals surface area contributed by atoms with Crippen molar-refractivity contribution in [1.82, 2.24) is 14.5 Å². The van der Waals surface area contributed by atoms with Crippen molar-refractivity contribution in [3.63, 3.8) is 0 Å². The van der Waals surface area contributed by atoms with Gasteiger partial charge in [-0.05, 0) is 25.1 Å². The lowest BCUT2D eigenvalue weighted by molar-refractivity contribution is 0.325. The van der Waals surface area contributed by atoms with Crippen LogP contribution in [-0.4, -0.2) is 26.2 Å². The second-order valence-corrected chi connectivity index (χ2v) is 4.73. The maximum atomic E-state index is 12.2. The summed E-state index contributed by atoms with van der Waals surface area (Å²) in [6, 6.07) is 10.0. The normalized spacial score (nSPS) is 10.8. The van der Waals surface area contributed by atoms with E-state index >= 15 is 0 Å². The molecule has 1 N–H and O–H groups in total. The van der Waals surface area contributed by atoms with Crippen molar-refractivity contribution in [3.05, 3.63) is 58.6 Å². The average Bonchev–Trinajstić information content (AvgIpc) is 2.52. The minimum atomic E-state index is -0.327. The van der Waals surface area contributed by atoms with Crippen molar-refractivity contribution in [2.24, 2.45) is 0 Å². The highest BCUT2D eigenvalue weighted by molar-refractivity contribution is 5.81. The van der Waals surface area contributed by atoms with Gasteiger partial charge in [0.15, 0.2) is 0 Å². The number of hydrogen-bond donors (Lipinski definition) is 1. The first-order valence-corrected chi connectivity index (χ1v) is 6.95. The molecule has 0 saturated heterocycles. The maximum Gasteiger partial charge on any atom is 0.256 e. The van der Waals surface area contributed by atoms with Gasteiger partial charge in [-0.25, -0.2) is 9.97 Å². The van der Waals surface area contributed by atoms with Gasteiger partial charge >= 0.3 is 0 Å². The van der Waals surface area contributed by atoms with Gasteiger partial charge in [0, 0.05) is 18.3 Å². The third-order valence-electron chi connectivity index (χ3n) is 3.24. The predicted octanol–water partition coefficient (Wildman–Crippen LogP) is 1.94. The first-order chi connectivity index (χ1) is 10.7.